The van der Waals surface area contributed by atoms with Crippen molar-refractivity contribution in [3.63, 3.8) is 0 Å². The molecule has 4 nitrogen and oxygen atoms in total. The molecule has 0 unspecified atom stereocenters. The molecule has 1 aromatic heterocycles. The normalized spacial score (nSPS) is 11.8. The van der Waals surface area contributed by atoms with Crippen molar-refractivity contribution in [2.24, 2.45) is 7.05 Å². The molecule has 0 fully saturated rings. The summed E-state index contributed by atoms with van der Waals surface area (Å²) < 4.78 is 42.2. The summed E-state index contributed by atoms with van der Waals surface area (Å²) in [6.07, 6.45) is -4.60. The van der Waals surface area contributed by atoms with Gasteiger partial charge < -0.3 is 9.13 Å². The van der Waals surface area contributed by atoms with E-state index in [4.69, 9.17) is 5.41 Å². The molecule has 0 saturated heterocycles. The van der Waals surface area contributed by atoms with Gasteiger partial charge in [0.1, 0.15) is 0 Å². The minimum Gasteiger partial charge on any atom is -0.313 e. The maximum Gasteiger partial charge on any atom is 0.417 e. The summed E-state index contributed by atoms with van der Waals surface area (Å²) >= 11 is 0. The number of hydrogen-bond acceptors (Lipinski definition) is 2. The Balaban J connectivity index is 2.07. The number of aromatic nitrogens is 2. The summed E-state index contributed by atoms with van der Waals surface area (Å²) in [6.45, 7) is -0.326. The number of benzene rings is 2. The Bertz CT molecular complexity index is 983. The first kappa shape index (κ1) is 16.0. The molecule has 0 aliphatic heterocycles. The molecule has 1 heterocycles. The zero-order chi connectivity index (χ0) is 17.5. The minimum atomic E-state index is -4.60. The topological polar surface area (TPSA) is 50.8 Å². The van der Waals surface area contributed by atoms with Crippen LogP contribution in [0.3, 0.4) is 0 Å². The standard InChI is InChI=1S/C17H14F3N3O/c1-22-13-8-4-5-9-14(13)23(16(22)21)10-15(24)11-6-2-3-7-12(11)17(18,19)20/h2-9,21H,10H2,1H3. The quantitative estimate of drug-likeness (QED) is 0.734. The lowest BCUT2D eigenvalue weighted by Crippen LogP contribution is -2.26. The van der Waals surface area contributed by atoms with Crippen LogP contribution in [-0.2, 0) is 19.8 Å². The molecular weight excluding hydrogens is 319 g/mol. The number of hydrogen-bond donors (Lipinski definition) is 1. The second-order valence-electron chi connectivity index (χ2n) is 5.42. The molecule has 0 bridgehead atoms. The SMILES string of the molecule is Cn1c(=N)n(CC(=O)c2ccccc2C(F)(F)F)c2ccccc21. The van der Waals surface area contributed by atoms with Gasteiger partial charge in [-0.1, -0.05) is 30.3 Å². The molecule has 0 aliphatic carbocycles. The number of halogens is 3. The molecule has 0 amide bonds. The van der Waals surface area contributed by atoms with E-state index >= 15 is 0 Å². The molecule has 3 rings (SSSR count). The Hall–Kier alpha value is -2.83. The van der Waals surface area contributed by atoms with Crippen LogP contribution in [0.1, 0.15) is 15.9 Å². The van der Waals surface area contributed by atoms with Crippen LogP contribution in [0.25, 0.3) is 11.0 Å². The third kappa shape index (κ3) is 2.62. The van der Waals surface area contributed by atoms with Crippen molar-refractivity contribution in [1.82, 2.24) is 9.13 Å². The molecule has 0 saturated carbocycles. The number of alkyl halides is 3. The summed E-state index contributed by atoms with van der Waals surface area (Å²) in [5.41, 5.74) is 0.0727. The van der Waals surface area contributed by atoms with Crippen molar-refractivity contribution in [3.8, 4) is 0 Å². The lowest BCUT2D eigenvalue weighted by molar-refractivity contribution is -0.137. The van der Waals surface area contributed by atoms with Crippen molar-refractivity contribution in [2.45, 2.75) is 12.7 Å². The van der Waals surface area contributed by atoms with Gasteiger partial charge in [-0.05, 0) is 18.2 Å². The van der Waals surface area contributed by atoms with Crippen LogP contribution in [0.2, 0.25) is 0 Å². The maximum absolute atomic E-state index is 13.1. The average Bonchev–Trinajstić information content (AvgIpc) is 2.79. The Labute approximate surface area is 135 Å². The molecular formula is C17H14F3N3O. The number of imidazole rings is 1. The number of ketones is 1. The maximum atomic E-state index is 13.1. The van der Waals surface area contributed by atoms with Crippen LogP contribution in [0, 0.1) is 5.41 Å². The number of aryl methyl sites for hydroxylation is 1. The van der Waals surface area contributed by atoms with Gasteiger partial charge in [-0.25, -0.2) is 0 Å². The van der Waals surface area contributed by atoms with Gasteiger partial charge in [-0.3, -0.25) is 10.2 Å². The van der Waals surface area contributed by atoms with Crippen LogP contribution in [0.15, 0.2) is 48.5 Å². The molecule has 1 N–H and O–H groups in total. The van der Waals surface area contributed by atoms with Gasteiger partial charge >= 0.3 is 6.18 Å². The van der Waals surface area contributed by atoms with E-state index in [1.165, 1.54) is 22.8 Å². The van der Waals surface area contributed by atoms with Crippen molar-refractivity contribution >= 4 is 16.8 Å². The van der Waals surface area contributed by atoms with Crippen molar-refractivity contribution in [1.29, 1.82) is 5.41 Å². The highest BCUT2D eigenvalue weighted by Gasteiger charge is 2.34. The third-order valence-electron chi connectivity index (χ3n) is 3.94. The smallest absolute Gasteiger partial charge is 0.313 e. The van der Waals surface area contributed by atoms with E-state index in [9.17, 15) is 18.0 Å². The third-order valence-corrected chi connectivity index (χ3v) is 3.94. The number of nitrogens with zero attached hydrogens (tertiary/aromatic N) is 2. The molecule has 2 aromatic carbocycles. The first-order valence-electron chi connectivity index (χ1n) is 7.19. The second-order valence-corrected chi connectivity index (χ2v) is 5.42. The van der Waals surface area contributed by atoms with Gasteiger partial charge in [-0.15, -0.1) is 0 Å². The summed E-state index contributed by atoms with van der Waals surface area (Å²) in [5.74, 6) is -0.683. The second kappa shape index (κ2) is 5.67. The Morgan fingerprint density at radius 1 is 1.04 bits per heavy atom. The molecule has 0 atom stereocenters. The molecule has 24 heavy (non-hydrogen) atoms. The molecule has 124 valence electrons. The summed E-state index contributed by atoms with van der Waals surface area (Å²) in [7, 11) is 1.68. The van der Waals surface area contributed by atoms with Crippen molar-refractivity contribution in [3.05, 3.63) is 65.3 Å². The number of para-hydroxylation sites is 2. The van der Waals surface area contributed by atoms with E-state index < -0.39 is 17.5 Å². The fourth-order valence-corrected chi connectivity index (χ4v) is 2.75. The molecule has 0 radical (unpaired) electrons. The summed E-state index contributed by atoms with van der Waals surface area (Å²) in [6, 6.07) is 11.8. The fraction of sp³-hybridized carbons (Fsp3) is 0.176. The molecule has 3 aromatic rings. The lowest BCUT2D eigenvalue weighted by atomic mass is 10.0. The van der Waals surface area contributed by atoms with Gasteiger partial charge in [0.15, 0.2) is 5.78 Å². The molecule has 0 spiro atoms. The number of Topliss-reactive ketones (excluding diaryl/α,β-unsaturated/α-hetero) is 1. The Morgan fingerprint density at radius 2 is 1.62 bits per heavy atom. The fourth-order valence-electron chi connectivity index (χ4n) is 2.75. The van der Waals surface area contributed by atoms with Crippen molar-refractivity contribution < 1.29 is 18.0 Å². The monoisotopic (exact) mass is 333 g/mol. The zero-order valence-electron chi connectivity index (χ0n) is 12.8. The van der Waals surface area contributed by atoms with E-state index in [1.807, 2.05) is 0 Å². The van der Waals surface area contributed by atoms with Gasteiger partial charge in [0.25, 0.3) is 0 Å². The molecule has 7 heteroatoms. The molecule has 0 aliphatic rings. The first-order valence-corrected chi connectivity index (χ1v) is 7.19. The first-order chi connectivity index (χ1) is 11.3. The van der Waals surface area contributed by atoms with E-state index in [0.29, 0.717) is 5.52 Å². The van der Waals surface area contributed by atoms with E-state index in [0.717, 1.165) is 11.6 Å². The van der Waals surface area contributed by atoms with Gasteiger partial charge in [-0.2, -0.15) is 13.2 Å². The van der Waals surface area contributed by atoms with Crippen LogP contribution < -0.4 is 5.62 Å². The number of carbonyl (C=O) groups excluding carboxylic acids is 1. The predicted molar refractivity (Wildman–Crippen MR) is 82.5 cm³/mol. The highest BCUT2D eigenvalue weighted by molar-refractivity contribution is 5.98. The minimum absolute atomic E-state index is 0.0500. The number of rotatable bonds is 3. The van der Waals surface area contributed by atoms with Crippen LogP contribution >= 0.6 is 0 Å². The van der Waals surface area contributed by atoms with Gasteiger partial charge in [0, 0.05) is 12.6 Å². The van der Waals surface area contributed by atoms with E-state index in [1.54, 1.807) is 35.9 Å². The largest absolute Gasteiger partial charge is 0.417 e. The highest BCUT2D eigenvalue weighted by Crippen LogP contribution is 2.32. The van der Waals surface area contributed by atoms with Gasteiger partial charge in [0.05, 0.1) is 23.1 Å². The zero-order valence-corrected chi connectivity index (χ0v) is 12.8. The Morgan fingerprint density at radius 3 is 2.29 bits per heavy atom. The number of fused-ring (bicyclic) bond motifs is 1. The van der Waals surface area contributed by atoms with Crippen molar-refractivity contribution in [2.75, 3.05) is 0 Å². The lowest BCUT2D eigenvalue weighted by Gasteiger charge is -2.12. The average molecular weight is 333 g/mol. The number of nitrogens with one attached hydrogen (secondary N) is 1. The number of carbonyl (C=O) groups is 1. The predicted octanol–water partition coefficient (Wildman–Crippen LogP) is 3.36. The van der Waals surface area contributed by atoms with E-state index in [2.05, 4.69) is 0 Å². The summed E-state index contributed by atoms with van der Waals surface area (Å²) in [4.78, 5) is 12.5. The van der Waals surface area contributed by atoms with Gasteiger partial charge in [0.2, 0.25) is 5.62 Å². The van der Waals surface area contributed by atoms with E-state index in [-0.39, 0.29) is 17.7 Å². The van der Waals surface area contributed by atoms with Crippen LogP contribution in [0.5, 0.6) is 0 Å². The highest BCUT2D eigenvalue weighted by atomic mass is 19.4. The van der Waals surface area contributed by atoms with Crippen LogP contribution in [-0.4, -0.2) is 14.9 Å². The summed E-state index contributed by atoms with van der Waals surface area (Å²) in [5, 5.41) is 8.11. The van der Waals surface area contributed by atoms with Crippen LogP contribution in [0.4, 0.5) is 13.2 Å². The Kier molecular flexibility index (Phi) is 3.79.